The van der Waals surface area contributed by atoms with Crippen molar-refractivity contribution in [1.82, 2.24) is 27.0 Å². The van der Waals surface area contributed by atoms with Crippen molar-refractivity contribution in [3.63, 3.8) is 0 Å². The molecule has 0 aliphatic carbocycles. The molecule has 4 unspecified atom stereocenters. The molecule has 2 aliphatic rings. The normalized spacial score (nSPS) is 25.4. The van der Waals surface area contributed by atoms with Crippen LogP contribution in [0.25, 0.3) is 10.8 Å². The second-order valence-electron chi connectivity index (χ2n) is 8.71. The molecule has 5 rings (SSSR count). The SMILES string of the molecule is COc1ccc2cc(C3NNCC3CNCC3CNNC3c3ccc(F)cc3)ccc2c1. The molecular weight excluding hydrogens is 405 g/mol. The van der Waals surface area contributed by atoms with Gasteiger partial charge in [-0.25, -0.2) is 15.2 Å². The van der Waals surface area contributed by atoms with Crippen LogP contribution in [0.2, 0.25) is 0 Å². The molecular formula is C25H30FN5O. The molecule has 2 fully saturated rings. The monoisotopic (exact) mass is 435 g/mol. The Bertz CT molecular complexity index is 1060. The van der Waals surface area contributed by atoms with Crippen LogP contribution in [0.4, 0.5) is 4.39 Å². The molecule has 0 spiro atoms. The Morgan fingerprint density at radius 1 is 0.812 bits per heavy atom. The molecule has 6 nitrogen and oxygen atoms in total. The highest BCUT2D eigenvalue weighted by atomic mass is 19.1. The first-order valence-corrected chi connectivity index (χ1v) is 11.2. The van der Waals surface area contributed by atoms with E-state index in [0.717, 1.165) is 37.5 Å². The number of hydrogen-bond acceptors (Lipinski definition) is 6. The van der Waals surface area contributed by atoms with E-state index in [1.165, 1.54) is 28.5 Å². The van der Waals surface area contributed by atoms with E-state index in [0.29, 0.717) is 11.8 Å². The molecule has 32 heavy (non-hydrogen) atoms. The van der Waals surface area contributed by atoms with Crippen molar-refractivity contribution in [2.24, 2.45) is 11.8 Å². The minimum absolute atomic E-state index is 0.177. The highest BCUT2D eigenvalue weighted by Gasteiger charge is 2.31. The number of nitrogens with one attached hydrogen (secondary N) is 5. The van der Waals surface area contributed by atoms with Crippen LogP contribution in [-0.2, 0) is 0 Å². The maximum atomic E-state index is 13.3. The standard InChI is InChI=1S/C25H30FN5O/c1-32-23-9-6-17-10-19(3-2-18(17)11-23)25-21(15-29-31-25)13-27-12-20-14-28-30-24(20)16-4-7-22(26)8-5-16/h2-11,20-21,24-25,27-31H,12-15H2,1H3. The van der Waals surface area contributed by atoms with Crippen LogP contribution < -0.4 is 31.8 Å². The summed E-state index contributed by atoms with van der Waals surface area (Å²) in [6, 6.07) is 20.0. The predicted molar refractivity (Wildman–Crippen MR) is 125 cm³/mol. The van der Waals surface area contributed by atoms with Gasteiger partial charge in [0.15, 0.2) is 0 Å². The van der Waals surface area contributed by atoms with E-state index in [4.69, 9.17) is 4.74 Å². The highest BCUT2D eigenvalue weighted by molar-refractivity contribution is 5.84. The third-order valence-electron chi connectivity index (χ3n) is 6.66. The lowest BCUT2D eigenvalue weighted by Gasteiger charge is -2.23. The van der Waals surface area contributed by atoms with Crippen LogP contribution in [0.5, 0.6) is 5.75 Å². The van der Waals surface area contributed by atoms with Crippen molar-refractivity contribution >= 4 is 10.8 Å². The third-order valence-corrected chi connectivity index (χ3v) is 6.66. The topological polar surface area (TPSA) is 69.4 Å². The predicted octanol–water partition coefficient (Wildman–Crippen LogP) is 2.81. The van der Waals surface area contributed by atoms with Gasteiger partial charge in [-0.2, -0.15) is 0 Å². The van der Waals surface area contributed by atoms with Gasteiger partial charge in [-0.1, -0.05) is 30.3 Å². The summed E-state index contributed by atoms with van der Waals surface area (Å²) < 4.78 is 18.6. The van der Waals surface area contributed by atoms with Gasteiger partial charge in [0.2, 0.25) is 0 Å². The summed E-state index contributed by atoms with van der Waals surface area (Å²) in [6.07, 6.45) is 0. The first-order valence-electron chi connectivity index (χ1n) is 11.2. The molecule has 168 valence electrons. The quantitative estimate of drug-likeness (QED) is 0.393. The molecule has 0 aromatic heterocycles. The molecule has 0 bridgehead atoms. The molecule has 2 heterocycles. The Hall–Kier alpha value is -2.55. The number of hydrogen-bond donors (Lipinski definition) is 5. The van der Waals surface area contributed by atoms with Crippen LogP contribution in [0.1, 0.15) is 23.2 Å². The summed E-state index contributed by atoms with van der Waals surface area (Å²) in [4.78, 5) is 0. The molecule has 0 saturated carbocycles. The average Bonchev–Trinajstić information content (AvgIpc) is 3.49. The molecule has 0 amide bonds. The zero-order valence-electron chi connectivity index (χ0n) is 18.2. The van der Waals surface area contributed by atoms with E-state index in [9.17, 15) is 4.39 Å². The summed E-state index contributed by atoms with van der Waals surface area (Å²) in [5, 5.41) is 6.08. The zero-order chi connectivity index (χ0) is 21.9. The largest absolute Gasteiger partial charge is 0.497 e. The van der Waals surface area contributed by atoms with Gasteiger partial charge in [0.25, 0.3) is 0 Å². The molecule has 0 radical (unpaired) electrons. The van der Waals surface area contributed by atoms with Crippen LogP contribution in [0.3, 0.4) is 0 Å². The summed E-state index contributed by atoms with van der Waals surface area (Å²) in [5.41, 5.74) is 15.8. The first-order chi connectivity index (χ1) is 15.7. The van der Waals surface area contributed by atoms with Gasteiger partial charge in [0, 0.05) is 38.0 Å². The van der Waals surface area contributed by atoms with Crippen LogP contribution >= 0.6 is 0 Å². The first kappa shape index (κ1) is 21.3. The molecule has 4 atom stereocenters. The van der Waals surface area contributed by atoms with Gasteiger partial charge in [-0.05, 0) is 52.2 Å². The fourth-order valence-electron chi connectivity index (χ4n) is 4.85. The van der Waals surface area contributed by atoms with E-state index in [-0.39, 0.29) is 17.9 Å². The molecule has 2 aliphatic heterocycles. The van der Waals surface area contributed by atoms with Crippen molar-refractivity contribution in [3.8, 4) is 5.75 Å². The summed E-state index contributed by atoms with van der Waals surface area (Å²) in [5.74, 6) is 1.52. The number of fused-ring (bicyclic) bond motifs is 1. The van der Waals surface area contributed by atoms with Crippen LogP contribution in [-0.4, -0.2) is 33.3 Å². The Morgan fingerprint density at radius 2 is 1.41 bits per heavy atom. The van der Waals surface area contributed by atoms with E-state index in [1.807, 2.05) is 18.2 Å². The smallest absolute Gasteiger partial charge is 0.123 e. The molecule has 3 aromatic carbocycles. The fraction of sp³-hybridized carbons (Fsp3) is 0.360. The molecule has 7 heteroatoms. The number of halogens is 1. The van der Waals surface area contributed by atoms with Crippen molar-refractivity contribution in [2.45, 2.75) is 12.1 Å². The summed E-state index contributed by atoms with van der Waals surface area (Å²) >= 11 is 0. The number of rotatable bonds is 7. The van der Waals surface area contributed by atoms with Crippen molar-refractivity contribution in [3.05, 3.63) is 77.6 Å². The maximum Gasteiger partial charge on any atom is 0.123 e. The molecule has 2 saturated heterocycles. The number of hydrazine groups is 2. The van der Waals surface area contributed by atoms with Gasteiger partial charge < -0.3 is 10.1 Å². The fourth-order valence-corrected chi connectivity index (χ4v) is 4.85. The van der Waals surface area contributed by atoms with Crippen LogP contribution in [0.15, 0.2) is 60.7 Å². The minimum atomic E-state index is -0.200. The Labute approximate surface area is 187 Å². The van der Waals surface area contributed by atoms with E-state index >= 15 is 0 Å². The van der Waals surface area contributed by atoms with Gasteiger partial charge in [-0.15, -0.1) is 0 Å². The molecule has 3 aromatic rings. The Morgan fingerprint density at radius 3 is 2.09 bits per heavy atom. The summed E-state index contributed by atoms with van der Waals surface area (Å²) in [6.45, 7) is 3.61. The second kappa shape index (κ2) is 9.52. The number of ether oxygens (including phenoxy) is 1. The van der Waals surface area contributed by atoms with E-state index < -0.39 is 0 Å². The maximum absolute atomic E-state index is 13.3. The van der Waals surface area contributed by atoms with Crippen molar-refractivity contribution in [1.29, 1.82) is 0 Å². The lowest BCUT2D eigenvalue weighted by molar-refractivity contribution is 0.395. The van der Waals surface area contributed by atoms with Crippen LogP contribution in [0, 0.1) is 17.7 Å². The highest BCUT2D eigenvalue weighted by Crippen LogP contribution is 2.29. The number of methoxy groups -OCH3 is 1. The Balaban J connectivity index is 1.21. The Kier molecular flexibility index (Phi) is 6.34. The average molecular weight is 436 g/mol. The van der Waals surface area contributed by atoms with Crippen molar-refractivity contribution in [2.75, 3.05) is 33.3 Å². The van der Waals surface area contributed by atoms with E-state index in [2.05, 4.69) is 57.4 Å². The van der Waals surface area contributed by atoms with Gasteiger partial charge in [0.1, 0.15) is 11.6 Å². The van der Waals surface area contributed by atoms with Gasteiger partial charge >= 0.3 is 0 Å². The zero-order valence-corrected chi connectivity index (χ0v) is 18.2. The van der Waals surface area contributed by atoms with Crippen molar-refractivity contribution < 1.29 is 9.13 Å². The lowest BCUT2D eigenvalue weighted by atomic mass is 9.92. The number of benzene rings is 3. The van der Waals surface area contributed by atoms with E-state index in [1.54, 1.807) is 7.11 Å². The lowest BCUT2D eigenvalue weighted by Crippen LogP contribution is -2.34. The minimum Gasteiger partial charge on any atom is -0.497 e. The third kappa shape index (κ3) is 4.48. The summed E-state index contributed by atoms with van der Waals surface area (Å²) in [7, 11) is 1.70. The van der Waals surface area contributed by atoms with Gasteiger partial charge in [-0.3, -0.25) is 10.9 Å². The molecule has 5 N–H and O–H groups in total. The van der Waals surface area contributed by atoms with Gasteiger partial charge in [0.05, 0.1) is 19.2 Å². The second-order valence-corrected chi connectivity index (χ2v) is 8.71.